The van der Waals surface area contributed by atoms with Gasteiger partial charge in [-0.3, -0.25) is 0 Å². The van der Waals surface area contributed by atoms with Gasteiger partial charge in [-0.15, -0.1) is 0 Å². The summed E-state index contributed by atoms with van der Waals surface area (Å²) in [6, 6.07) is 10.4. The second-order valence-corrected chi connectivity index (χ2v) is 6.04. The van der Waals surface area contributed by atoms with E-state index in [1.165, 1.54) is 6.07 Å². The quantitative estimate of drug-likeness (QED) is 0.510. The number of benzene rings is 2. The zero-order valence-electron chi connectivity index (χ0n) is 16.8. The fraction of sp³-hybridized carbons (Fsp3) is 0.381. The Hall–Kier alpha value is -2.96. The Morgan fingerprint density at radius 3 is 2.25 bits per heavy atom. The van der Waals surface area contributed by atoms with E-state index in [0.29, 0.717) is 42.7 Å². The zero-order chi connectivity index (χ0) is 20.4. The molecule has 0 aliphatic rings. The lowest BCUT2D eigenvalue weighted by molar-refractivity contribution is 0.324. The molecule has 0 saturated heterocycles. The molecule has 0 fully saturated rings. The first-order valence-electron chi connectivity index (χ1n) is 9.16. The van der Waals surface area contributed by atoms with Crippen LogP contribution in [0.25, 0.3) is 0 Å². The van der Waals surface area contributed by atoms with E-state index in [4.69, 9.17) is 14.2 Å². The van der Waals surface area contributed by atoms with Crippen molar-refractivity contribution in [3.63, 3.8) is 0 Å². The molecule has 6 nitrogen and oxygen atoms in total. The summed E-state index contributed by atoms with van der Waals surface area (Å²) < 4.78 is 29.4. The largest absolute Gasteiger partial charge is 0.493 e. The van der Waals surface area contributed by atoms with Gasteiger partial charge >= 0.3 is 0 Å². The van der Waals surface area contributed by atoms with Crippen molar-refractivity contribution in [3.8, 4) is 17.2 Å². The molecule has 0 heterocycles. The Balaban J connectivity index is 2.05. The summed E-state index contributed by atoms with van der Waals surface area (Å²) in [5.74, 6) is 2.21. The van der Waals surface area contributed by atoms with E-state index in [1.807, 2.05) is 25.1 Å². The molecule has 0 bridgehead atoms. The van der Waals surface area contributed by atoms with Crippen LogP contribution in [0.3, 0.4) is 0 Å². The Bertz CT molecular complexity index is 771. The van der Waals surface area contributed by atoms with Crippen molar-refractivity contribution < 1.29 is 18.6 Å². The van der Waals surface area contributed by atoms with Crippen molar-refractivity contribution in [3.05, 3.63) is 53.3 Å². The van der Waals surface area contributed by atoms with E-state index >= 15 is 0 Å². The third kappa shape index (κ3) is 6.04. The Morgan fingerprint density at radius 1 is 0.964 bits per heavy atom. The molecule has 2 N–H and O–H groups in total. The highest BCUT2D eigenvalue weighted by Gasteiger charge is 2.13. The average Bonchev–Trinajstić information content (AvgIpc) is 2.71. The van der Waals surface area contributed by atoms with Crippen LogP contribution < -0.4 is 24.8 Å². The molecule has 0 atom stereocenters. The molecule has 28 heavy (non-hydrogen) atoms. The van der Waals surface area contributed by atoms with Crippen molar-refractivity contribution in [1.29, 1.82) is 0 Å². The molecule has 0 unspecified atom stereocenters. The number of nitrogens with zero attached hydrogens (tertiary/aromatic N) is 1. The summed E-state index contributed by atoms with van der Waals surface area (Å²) in [7, 11) is 4.74. The topological polar surface area (TPSA) is 64.1 Å². The van der Waals surface area contributed by atoms with Gasteiger partial charge in [-0.2, -0.15) is 0 Å². The highest BCUT2D eigenvalue weighted by atomic mass is 19.1. The van der Waals surface area contributed by atoms with E-state index in [0.717, 1.165) is 17.7 Å². The van der Waals surface area contributed by atoms with Gasteiger partial charge in [0, 0.05) is 13.1 Å². The van der Waals surface area contributed by atoms with Gasteiger partial charge in [-0.05, 0) is 48.7 Å². The molecule has 2 aromatic rings. The Morgan fingerprint density at radius 2 is 1.68 bits per heavy atom. The van der Waals surface area contributed by atoms with Crippen LogP contribution in [0, 0.1) is 5.82 Å². The number of rotatable bonds is 9. The maximum atomic E-state index is 13.3. The minimum Gasteiger partial charge on any atom is -0.493 e. The van der Waals surface area contributed by atoms with Gasteiger partial charge in [0.05, 0.1) is 27.9 Å². The predicted molar refractivity (Wildman–Crippen MR) is 109 cm³/mol. The SMILES string of the molecule is CCNC(=NCc1cc(OC)c(OC)c(OC)c1)NCCc1cccc(F)c1. The molecule has 0 spiro atoms. The smallest absolute Gasteiger partial charge is 0.203 e. The highest BCUT2D eigenvalue weighted by Crippen LogP contribution is 2.38. The lowest BCUT2D eigenvalue weighted by Gasteiger charge is -2.14. The fourth-order valence-corrected chi connectivity index (χ4v) is 2.76. The third-order valence-electron chi connectivity index (χ3n) is 4.08. The van der Waals surface area contributed by atoms with Gasteiger partial charge in [-0.25, -0.2) is 9.38 Å². The molecule has 152 valence electrons. The lowest BCUT2D eigenvalue weighted by atomic mass is 10.1. The van der Waals surface area contributed by atoms with Crippen LogP contribution >= 0.6 is 0 Å². The monoisotopic (exact) mass is 389 g/mol. The van der Waals surface area contributed by atoms with Crippen molar-refractivity contribution in [2.75, 3.05) is 34.4 Å². The third-order valence-corrected chi connectivity index (χ3v) is 4.08. The van der Waals surface area contributed by atoms with Crippen LogP contribution in [0.5, 0.6) is 17.2 Å². The lowest BCUT2D eigenvalue weighted by Crippen LogP contribution is -2.38. The summed E-state index contributed by atoms with van der Waals surface area (Å²) >= 11 is 0. The molecule has 2 aromatic carbocycles. The minimum absolute atomic E-state index is 0.222. The van der Waals surface area contributed by atoms with Gasteiger partial charge in [0.2, 0.25) is 5.75 Å². The number of guanidine groups is 1. The average molecular weight is 389 g/mol. The molecule has 0 aromatic heterocycles. The van der Waals surface area contributed by atoms with Gasteiger partial charge < -0.3 is 24.8 Å². The number of hydrogen-bond acceptors (Lipinski definition) is 4. The van der Waals surface area contributed by atoms with Crippen molar-refractivity contribution in [1.82, 2.24) is 10.6 Å². The molecule has 2 rings (SSSR count). The molecule has 7 heteroatoms. The first-order valence-corrected chi connectivity index (χ1v) is 9.16. The number of halogens is 1. The summed E-state index contributed by atoms with van der Waals surface area (Å²) in [4.78, 5) is 4.61. The van der Waals surface area contributed by atoms with Crippen LogP contribution in [-0.4, -0.2) is 40.4 Å². The van der Waals surface area contributed by atoms with Gasteiger partial charge in [-0.1, -0.05) is 12.1 Å². The first kappa shape index (κ1) is 21.3. The second kappa shape index (κ2) is 11.0. The molecule has 0 amide bonds. The molecule has 0 aliphatic carbocycles. The maximum Gasteiger partial charge on any atom is 0.203 e. The highest BCUT2D eigenvalue weighted by molar-refractivity contribution is 5.79. The van der Waals surface area contributed by atoms with Crippen LogP contribution in [0.4, 0.5) is 4.39 Å². The molecule has 0 aliphatic heterocycles. The molecule has 0 saturated carbocycles. The van der Waals surface area contributed by atoms with Crippen LogP contribution in [-0.2, 0) is 13.0 Å². The van der Waals surface area contributed by atoms with Crippen LogP contribution in [0.15, 0.2) is 41.4 Å². The number of hydrogen-bond donors (Lipinski definition) is 2. The van der Waals surface area contributed by atoms with E-state index in [9.17, 15) is 4.39 Å². The number of ether oxygens (including phenoxy) is 3. The minimum atomic E-state index is -0.222. The zero-order valence-corrected chi connectivity index (χ0v) is 16.8. The normalized spacial score (nSPS) is 11.1. The van der Waals surface area contributed by atoms with Gasteiger partial charge in [0.1, 0.15) is 5.82 Å². The predicted octanol–water partition coefficient (Wildman–Crippen LogP) is 3.15. The second-order valence-electron chi connectivity index (χ2n) is 6.04. The fourth-order valence-electron chi connectivity index (χ4n) is 2.76. The van der Waals surface area contributed by atoms with E-state index < -0.39 is 0 Å². The molecule has 0 radical (unpaired) electrons. The number of nitrogens with one attached hydrogen (secondary N) is 2. The van der Waals surface area contributed by atoms with Crippen molar-refractivity contribution in [2.24, 2.45) is 4.99 Å². The van der Waals surface area contributed by atoms with E-state index in [-0.39, 0.29) is 5.82 Å². The van der Waals surface area contributed by atoms with Crippen LogP contribution in [0.1, 0.15) is 18.1 Å². The summed E-state index contributed by atoms with van der Waals surface area (Å²) in [6.45, 7) is 3.82. The van der Waals surface area contributed by atoms with E-state index in [2.05, 4.69) is 15.6 Å². The van der Waals surface area contributed by atoms with Crippen molar-refractivity contribution in [2.45, 2.75) is 19.9 Å². The first-order chi connectivity index (χ1) is 13.6. The Labute approximate surface area is 165 Å². The van der Waals surface area contributed by atoms with E-state index in [1.54, 1.807) is 33.5 Å². The molecular weight excluding hydrogens is 361 g/mol. The molecular formula is C21H28FN3O3. The number of aliphatic imine (C=N–C) groups is 1. The summed E-state index contributed by atoms with van der Waals surface area (Å²) in [5, 5.41) is 6.48. The van der Waals surface area contributed by atoms with Gasteiger partial charge in [0.25, 0.3) is 0 Å². The summed E-state index contributed by atoms with van der Waals surface area (Å²) in [5.41, 5.74) is 1.87. The van der Waals surface area contributed by atoms with Crippen LogP contribution in [0.2, 0.25) is 0 Å². The standard InChI is InChI=1S/C21H28FN3O3/c1-5-23-21(24-10-9-15-7-6-8-17(22)11-15)25-14-16-12-18(26-2)20(28-4)19(13-16)27-3/h6-8,11-13H,5,9-10,14H2,1-4H3,(H2,23,24,25). The van der Waals surface area contributed by atoms with Crippen molar-refractivity contribution >= 4 is 5.96 Å². The summed E-state index contributed by atoms with van der Waals surface area (Å²) in [6.07, 6.45) is 0.701. The van der Waals surface area contributed by atoms with Gasteiger partial charge in [0.15, 0.2) is 17.5 Å². The Kier molecular flexibility index (Phi) is 8.39. The maximum absolute atomic E-state index is 13.3. The number of methoxy groups -OCH3 is 3.